The minimum atomic E-state index is 0.533. The van der Waals surface area contributed by atoms with E-state index in [2.05, 4.69) is 42.8 Å². The van der Waals surface area contributed by atoms with E-state index in [4.69, 9.17) is 0 Å². The first kappa shape index (κ1) is 11.6. The quantitative estimate of drug-likeness (QED) is 0.827. The van der Waals surface area contributed by atoms with Crippen molar-refractivity contribution in [3.05, 3.63) is 17.0 Å². The van der Waals surface area contributed by atoms with E-state index in [9.17, 15) is 0 Å². The lowest BCUT2D eigenvalue weighted by molar-refractivity contribution is 0.544. The van der Waals surface area contributed by atoms with Crippen LogP contribution >= 0.6 is 0 Å². The van der Waals surface area contributed by atoms with Gasteiger partial charge in [-0.25, -0.2) is 0 Å². The van der Waals surface area contributed by atoms with Crippen molar-refractivity contribution in [2.75, 3.05) is 0 Å². The zero-order valence-corrected chi connectivity index (χ0v) is 10.9. The standard InChI is InChI=1S/C13H23N3/c1-9(2)14-7-13-10(3)15-16(11(13)4)8-12-5-6-12/h9,12,14H,5-8H2,1-4H3. The topological polar surface area (TPSA) is 29.9 Å². The monoisotopic (exact) mass is 221 g/mol. The molecule has 0 unspecified atom stereocenters. The molecule has 1 aliphatic rings. The van der Waals surface area contributed by atoms with Crippen molar-refractivity contribution in [1.29, 1.82) is 0 Å². The number of hydrogen-bond acceptors (Lipinski definition) is 2. The lowest BCUT2D eigenvalue weighted by Crippen LogP contribution is -2.22. The van der Waals surface area contributed by atoms with E-state index in [0.717, 1.165) is 19.0 Å². The van der Waals surface area contributed by atoms with Crippen molar-refractivity contribution in [2.45, 2.75) is 59.7 Å². The highest BCUT2D eigenvalue weighted by Gasteiger charge is 2.23. The van der Waals surface area contributed by atoms with Crippen LogP contribution in [0.5, 0.6) is 0 Å². The molecule has 3 nitrogen and oxygen atoms in total. The maximum absolute atomic E-state index is 4.64. The third-order valence-electron chi connectivity index (χ3n) is 3.35. The van der Waals surface area contributed by atoms with Gasteiger partial charge in [0, 0.05) is 30.4 Å². The Labute approximate surface area is 98.2 Å². The largest absolute Gasteiger partial charge is 0.310 e. The van der Waals surface area contributed by atoms with Gasteiger partial charge in [-0.15, -0.1) is 0 Å². The third-order valence-corrected chi connectivity index (χ3v) is 3.35. The van der Waals surface area contributed by atoms with Gasteiger partial charge in [0.1, 0.15) is 0 Å². The molecular formula is C13H23N3. The summed E-state index contributed by atoms with van der Waals surface area (Å²) in [5.74, 6) is 0.893. The van der Waals surface area contributed by atoms with Crippen LogP contribution in [-0.2, 0) is 13.1 Å². The molecule has 1 fully saturated rings. The van der Waals surface area contributed by atoms with Crippen LogP contribution < -0.4 is 5.32 Å². The van der Waals surface area contributed by atoms with E-state index in [1.54, 1.807) is 0 Å². The fourth-order valence-corrected chi connectivity index (χ4v) is 2.02. The van der Waals surface area contributed by atoms with Crippen molar-refractivity contribution in [3.63, 3.8) is 0 Å². The Hall–Kier alpha value is -0.830. The summed E-state index contributed by atoms with van der Waals surface area (Å²) < 4.78 is 2.20. The molecule has 1 heterocycles. The van der Waals surface area contributed by atoms with E-state index in [-0.39, 0.29) is 0 Å². The van der Waals surface area contributed by atoms with Gasteiger partial charge in [0.2, 0.25) is 0 Å². The average molecular weight is 221 g/mol. The third kappa shape index (κ3) is 2.64. The number of rotatable bonds is 5. The van der Waals surface area contributed by atoms with Crippen LogP contribution in [0.3, 0.4) is 0 Å². The Morgan fingerprint density at radius 3 is 2.62 bits per heavy atom. The summed E-state index contributed by atoms with van der Waals surface area (Å²) in [5.41, 5.74) is 3.92. The second-order valence-electron chi connectivity index (χ2n) is 5.31. The van der Waals surface area contributed by atoms with Crippen LogP contribution in [0.4, 0.5) is 0 Å². The van der Waals surface area contributed by atoms with E-state index >= 15 is 0 Å². The number of aromatic nitrogens is 2. The zero-order chi connectivity index (χ0) is 11.7. The highest BCUT2D eigenvalue weighted by Crippen LogP contribution is 2.31. The van der Waals surface area contributed by atoms with Gasteiger partial charge in [-0.05, 0) is 32.6 Å². The molecule has 3 heteroatoms. The lowest BCUT2D eigenvalue weighted by Gasteiger charge is -2.08. The van der Waals surface area contributed by atoms with E-state index < -0.39 is 0 Å². The number of hydrogen-bond donors (Lipinski definition) is 1. The maximum atomic E-state index is 4.64. The van der Waals surface area contributed by atoms with Crippen molar-refractivity contribution in [1.82, 2.24) is 15.1 Å². The smallest absolute Gasteiger partial charge is 0.0641 e. The molecule has 1 aromatic heterocycles. The fraction of sp³-hybridized carbons (Fsp3) is 0.769. The average Bonchev–Trinajstić information content (AvgIpc) is 2.95. The molecule has 0 aliphatic heterocycles. The maximum Gasteiger partial charge on any atom is 0.0641 e. The Kier molecular flexibility index (Phi) is 3.33. The molecule has 90 valence electrons. The molecule has 0 bridgehead atoms. The number of nitrogens with one attached hydrogen (secondary N) is 1. The highest BCUT2D eigenvalue weighted by molar-refractivity contribution is 5.24. The Balaban J connectivity index is 2.07. The molecule has 0 aromatic carbocycles. The van der Waals surface area contributed by atoms with Crippen LogP contribution in [0, 0.1) is 19.8 Å². The van der Waals surface area contributed by atoms with Crippen molar-refractivity contribution < 1.29 is 0 Å². The first-order valence-electron chi connectivity index (χ1n) is 6.34. The second-order valence-corrected chi connectivity index (χ2v) is 5.31. The van der Waals surface area contributed by atoms with Crippen molar-refractivity contribution >= 4 is 0 Å². The van der Waals surface area contributed by atoms with Gasteiger partial charge in [0.15, 0.2) is 0 Å². The predicted octanol–water partition coefficient (Wildman–Crippen LogP) is 2.41. The summed E-state index contributed by atoms with van der Waals surface area (Å²) in [5, 5.41) is 8.12. The minimum absolute atomic E-state index is 0.533. The zero-order valence-electron chi connectivity index (χ0n) is 10.9. The molecule has 1 N–H and O–H groups in total. The van der Waals surface area contributed by atoms with Crippen molar-refractivity contribution in [3.8, 4) is 0 Å². The molecule has 1 aliphatic carbocycles. The minimum Gasteiger partial charge on any atom is -0.310 e. The summed E-state index contributed by atoms with van der Waals surface area (Å²) in [6.07, 6.45) is 2.77. The number of nitrogens with zero attached hydrogens (tertiary/aromatic N) is 2. The van der Waals surface area contributed by atoms with Gasteiger partial charge < -0.3 is 5.32 Å². The van der Waals surface area contributed by atoms with Crippen LogP contribution in [0.15, 0.2) is 0 Å². The van der Waals surface area contributed by atoms with E-state index in [1.165, 1.54) is 29.8 Å². The van der Waals surface area contributed by atoms with Gasteiger partial charge in [0.05, 0.1) is 5.69 Å². The molecule has 2 rings (SSSR count). The van der Waals surface area contributed by atoms with Gasteiger partial charge in [-0.1, -0.05) is 13.8 Å². The SMILES string of the molecule is Cc1nn(CC2CC2)c(C)c1CNC(C)C. The Morgan fingerprint density at radius 1 is 1.38 bits per heavy atom. The predicted molar refractivity (Wildman–Crippen MR) is 66.4 cm³/mol. The Morgan fingerprint density at radius 2 is 2.06 bits per heavy atom. The number of aryl methyl sites for hydroxylation is 1. The summed E-state index contributed by atoms with van der Waals surface area (Å²) >= 11 is 0. The highest BCUT2D eigenvalue weighted by atomic mass is 15.3. The van der Waals surface area contributed by atoms with Crippen LogP contribution in [0.2, 0.25) is 0 Å². The fourth-order valence-electron chi connectivity index (χ4n) is 2.02. The van der Waals surface area contributed by atoms with Gasteiger partial charge in [-0.2, -0.15) is 5.10 Å². The molecule has 1 aromatic rings. The summed E-state index contributed by atoms with van der Waals surface area (Å²) in [6, 6.07) is 0.533. The first-order chi connectivity index (χ1) is 7.58. The van der Waals surface area contributed by atoms with Crippen molar-refractivity contribution in [2.24, 2.45) is 5.92 Å². The summed E-state index contributed by atoms with van der Waals surface area (Å²) in [7, 11) is 0. The molecule has 0 radical (unpaired) electrons. The van der Waals surface area contributed by atoms with Gasteiger partial charge >= 0.3 is 0 Å². The molecule has 0 amide bonds. The lowest BCUT2D eigenvalue weighted by atomic mass is 10.2. The molecule has 0 saturated heterocycles. The van der Waals surface area contributed by atoms with Gasteiger partial charge in [-0.3, -0.25) is 4.68 Å². The van der Waals surface area contributed by atoms with Crippen LogP contribution in [0.1, 0.15) is 43.6 Å². The summed E-state index contributed by atoms with van der Waals surface area (Å²) in [4.78, 5) is 0. The normalized spacial score (nSPS) is 16.1. The molecule has 1 saturated carbocycles. The van der Waals surface area contributed by atoms with E-state index in [0.29, 0.717) is 6.04 Å². The molecular weight excluding hydrogens is 198 g/mol. The van der Waals surface area contributed by atoms with Crippen LogP contribution in [0.25, 0.3) is 0 Å². The second kappa shape index (κ2) is 4.58. The Bertz CT molecular complexity index is 361. The molecule has 0 spiro atoms. The van der Waals surface area contributed by atoms with Gasteiger partial charge in [0.25, 0.3) is 0 Å². The molecule has 0 atom stereocenters. The molecule has 16 heavy (non-hydrogen) atoms. The summed E-state index contributed by atoms with van der Waals surface area (Å²) in [6.45, 7) is 10.7. The van der Waals surface area contributed by atoms with Crippen LogP contribution in [-0.4, -0.2) is 15.8 Å². The first-order valence-corrected chi connectivity index (χ1v) is 6.34. The van der Waals surface area contributed by atoms with E-state index in [1.807, 2.05) is 0 Å².